The van der Waals surface area contributed by atoms with Crippen LogP contribution < -0.4 is 4.72 Å². The first-order valence-corrected chi connectivity index (χ1v) is 8.40. The maximum Gasteiger partial charge on any atom is 0.279 e. The fourth-order valence-electron chi connectivity index (χ4n) is 2.43. The van der Waals surface area contributed by atoms with Crippen LogP contribution >= 0.6 is 0 Å². The third-order valence-corrected chi connectivity index (χ3v) is 5.15. The summed E-state index contributed by atoms with van der Waals surface area (Å²) in [6.07, 6.45) is 2.56. The normalized spacial score (nSPS) is 21.0. The Morgan fingerprint density at radius 3 is 2.70 bits per heavy atom. The Labute approximate surface area is 120 Å². The van der Waals surface area contributed by atoms with Gasteiger partial charge in [0.15, 0.2) is 0 Å². The molecule has 1 aromatic rings. The first-order valence-electron chi connectivity index (χ1n) is 6.96. The molecule has 2 rings (SSSR count). The summed E-state index contributed by atoms with van der Waals surface area (Å²) in [5.41, 5.74) is 0.918. The highest BCUT2D eigenvalue weighted by atomic mass is 32.2. The van der Waals surface area contributed by atoms with E-state index >= 15 is 0 Å². The minimum Gasteiger partial charge on any atom is -0.207 e. The Balaban J connectivity index is 1.84. The average Bonchev–Trinajstić information content (AvgIpc) is 2.41. The second-order valence-corrected chi connectivity index (χ2v) is 7.14. The zero-order valence-corrected chi connectivity index (χ0v) is 12.5. The van der Waals surface area contributed by atoms with Crippen molar-refractivity contribution < 1.29 is 12.8 Å². The van der Waals surface area contributed by atoms with Crippen molar-refractivity contribution in [2.24, 2.45) is 5.92 Å². The van der Waals surface area contributed by atoms with Crippen LogP contribution in [0.5, 0.6) is 0 Å². The second-order valence-electron chi connectivity index (χ2n) is 5.38. The molecule has 1 fully saturated rings. The lowest BCUT2D eigenvalue weighted by molar-refractivity contribution is 0.278. The van der Waals surface area contributed by atoms with E-state index in [0.29, 0.717) is 32.0 Å². The topological polar surface area (TPSA) is 49.4 Å². The van der Waals surface area contributed by atoms with Crippen LogP contribution in [0.15, 0.2) is 24.3 Å². The molecule has 20 heavy (non-hydrogen) atoms. The summed E-state index contributed by atoms with van der Waals surface area (Å²) in [7, 11) is -3.39. The van der Waals surface area contributed by atoms with E-state index in [0.717, 1.165) is 18.4 Å². The Morgan fingerprint density at radius 1 is 1.35 bits per heavy atom. The molecule has 0 radical (unpaired) electrons. The summed E-state index contributed by atoms with van der Waals surface area (Å²) in [4.78, 5) is 0. The van der Waals surface area contributed by atoms with Crippen LogP contribution in [0.3, 0.4) is 0 Å². The number of piperidine rings is 1. The van der Waals surface area contributed by atoms with E-state index in [1.54, 1.807) is 12.1 Å². The smallest absolute Gasteiger partial charge is 0.207 e. The highest BCUT2D eigenvalue weighted by Crippen LogP contribution is 2.17. The maximum atomic E-state index is 12.8. The molecule has 1 aliphatic heterocycles. The van der Waals surface area contributed by atoms with Gasteiger partial charge in [0.05, 0.1) is 0 Å². The second kappa shape index (κ2) is 6.65. The largest absolute Gasteiger partial charge is 0.279 e. The van der Waals surface area contributed by atoms with Gasteiger partial charge in [-0.1, -0.05) is 19.1 Å². The molecular weight excluding hydrogens is 279 g/mol. The molecule has 1 atom stereocenters. The van der Waals surface area contributed by atoms with Crippen LogP contribution in [0.4, 0.5) is 4.39 Å². The summed E-state index contributed by atoms with van der Waals surface area (Å²) < 4.78 is 41.2. The van der Waals surface area contributed by atoms with Crippen molar-refractivity contribution in [3.05, 3.63) is 35.6 Å². The number of hydrogen-bond acceptors (Lipinski definition) is 2. The Hall–Kier alpha value is -0.980. The number of rotatable bonds is 5. The third-order valence-electron chi connectivity index (χ3n) is 3.57. The lowest BCUT2D eigenvalue weighted by Gasteiger charge is -2.29. The molecule has 0 amide bonds. The molecule has 1 heterocycles. The van der Waals surface area contributed by atoms with E-state index in [1.165, 1.54) is 16.4 Å². The number of benzene rings is 1. The van der Waals surface area contributed by atoms with Gasteiger partial charge in [-0.2, -0.15) is 12.7 Å². The van der Waals surface area contributed by atoms with E-state index in [-0.39, 0.29) is 5.82 Å². The first-order chi connectivity index (χ1) is 9.47. The fraction of sp³-hybridized carbons (Fsp3) is 0.571. The van der Waals surface area contributed by atoms with Gasteiger partial charge in [0, 0.05) is 19.6 Å². The summed E-state index contributed by atoms with van der Waals surface area (Å²) in [6.45, 7) is 3.58. The lowest BCUT2D eigenvalue weighted by Crippen LogP contribution is -2.46. The van der Waals surface area contributed by atoms with E-state index in [4.69, 9.17) is 0 Å². The Morgan fingerprint density at radius 2 is 2.05 bits per heavy atom. The molecule has 1 aromatic carbocycles. The molecule has 4 nitrogen and oxygen atoms in total. The number of nitrogens with one attached hydrogen (secondary N) is 1. The van der Waals surface area contributed by atoms with Crippen LogP contribution in [0.25, 0.3) is 0 Å². The van der Waals surface area contributed by atoms with Gasteiger partial charge < -0.3 is 0 Å². The molecule has 0 saturated carbocycles. The van der Waals surface area contributed by atoms with Gasteiger partial charge in [0.1, 0.15) is 5.82 Å². The Kier molecular flexibility index (Phi) is 5.12. The van der Waals surface area contributed by atoms with Crippen molar-refractivity contribution in [1.82, 2.24) is 9.03 Å². The molecular formula is C14H21FN2O2S. The van der Waals surface area contributed by atoms with Crippen molar-refractivity contribution in [3.8, 4) is 0 Å². The number of nitrogens with zero attached hydrogens (tertiary/aromatic N) is 1. The van der Waals surface area contributed by atoms with Crippen molar-refractivity contribution in [3.63, 3.8) is 0 Å². The molecule has 0 aromatic heterocycles. The molecule has 112 valence electrons. The van der Waals surface area contributed by atoms with Gasteiger partial charge >= 0.3 is 0 Å². The van der Waals surface area contributed by atoms with Gasteiger partial charge in [-0.15, -0.1) is 0 Å². The van der Waals surface area contributed by atoms with Crippen LogP contribution in [0, 0.1) is 11.7 Å². The minimum atomic E-state index is -3.39. The summed E-state index contributed by atoms with van der Waals surface area (Å²) >= 11 is 0. The minimum absolute atomic E-state index is 0.281. The van der Waals surface area contributed by atoms with Gasteiger partial charge in [0.2, 0.25) is 0 Å². The van der Waals surface area contributed by atoms with E-state index < -0.39 is 10.2 Å². The van der Waals surface area contributed by atoms with Crippen LogP contribution in [-0.4, -0.2) is 32.4 Å². The lowest BCUT2D eigenvalue weighted by atomic mass is 10.0. The zero-order chi connectivity index (χ0) is 14.6. The molecule has 0 bridgehead atoms. The van der Waals surface area contributed by atoms with Crippen LogP contribution in [-0.2, 0) is 16.6 Å². The highest BCUT2D eigenvalue weighted by Gasteiger charge is 2.26. The number of hydrogen-bond donors (Lipinski definition) is 1. The number of halogens is 1. The van der Waals surface area contributed by atoms with Crippen molar-refractivity contribution in [2.45, 2.75) is 26.2 Å². The summed E-state index contributed by atoms with van der Waals surface area (Å²) in [6, 6.07) is 6.12. The van der Waals surface area contributed by atoms with Gasteiger partial charge in [-0.3, -0.25) is 0 Å². The van der Waals surface area contributed by atoms with Crippen molar-refractivity contribution in [2.75, 3.05) is 19.6 Å². The van der Waals surface area contributed by atoms with Crippen molar-refractivity contribution in [1.29, 1.82) is 0 Å². The summed E-state index contributed by atoms with van der Waals surface area (Å²) in [5.74, 6) is 0.133. The predicted octanol–water partition coefficient (Wildman–Crippen LogP) is 1.93. The average molecular weight is 300 g/mol. The molecule has 1 saturated heterocycles. The first kappa shape index (κ1) is 15.4. The van der Waals surface area contributed by atoms with E-state index in [1.807, 2.05) is 0 Å². The molecule has 1 N–H and O–H groups in total. The van der Waals surface area contributed by atoms with Crippen LogP contribution in [0.1, 0.15) is 25.3 Å². The predicted molar refractivity (Wildman–Crippen MR) is 77.0 cm³/mol. The maximum absolute atomic E-state index is 12.8. The zero-order valence-electron chi connectivity index (χ0n) is 11.7. The molecule has 0 spiro atoms. The monoisotopic (exact) mass is 300 g/mol. The standard InChI is InChI=1S/C14H21FN2O2S/c1-12-3-2-10-17(11-12)20(18,19)16-9-8-13-4-6-14(15)7-5-13/h4-7,12,16H,2-3,8-11H2,1H3. The highest BCUT2D eigenvalue weighted by molar-refractivity contribution is 7.87. The Bertz CT molecular complexity index is 531. The summed E-state index contributed by atoms with van der Waals surface area (Å²) in [5, 5.41) is 0. The van der Waals surface area contributed by atoms with E-state index in [2.05, 4.69) is 11.6 Å². The molecule has 1 aliphatic rings. The fourth-order valence-corrected chi connectivity index (χ4v) is 3.79. The third kappa shape index (κ3) is 4.26. The van der Waals surface area contributed by atoms with Gasteiger partial charge in [0.25, 0.3) is 10.2 Å². The molecule has 6 heteroatoms. The van der Waals surface area contributed by atoms with Gasteiger partial charge in [-0.05, 0) is 42.9 Å². The molecule has 0 aliphatic carbocycles. The SMILES string of the molecule is CC1CCCN(S(=O)(=O)NCCc2ccc(F)cc2)C1. The quantitative estimate of drug-likeness (QED) is 0.903. The molecule has 1 unspecified atom stereocenters. The van der Waals surface area contributed by atoms with Crippen LogP contribution in [0.2, 0.25) is 0 Å². The van der Waals surface area contributed by atoms with Crippen molar-refractivity contribution >= 4 is 10.2 Å². The van der Waals surface area contributed by atoms with Gasteiger partial charge in [-0.25, -0.2) is 9.11 Å². The van der Waals surface area contributed by atoms with E-state index in [9.17, 15) is 12.8 Å².